The van der Waals surface area contributed by atoms with Gasteiger partial charge in [-0.3, -0.25) is 4.79 Å². The fourth-order valence-corrected chi connectivity index (χ4v) is 4.20. The minimum Gasteiger partial charge on any atom is -0.400 e. The van der Waals surface area contributed by atoms with Gasteiger partial charge in [0.2, 0.25) is 0 Å². The van der Waals surface area contributed by atoms with Crippen LogP contribution >= 0.6 is 11.6 Å². The summed E-state index contributed by atoms with van der Waals surface area (Å²) in [5.41, 5.74) is 4.09. The number of halogens is 1. The average Bonchev–Trinajstić information content (AvgIpc) is 2.87. The summed E-state index contributed by atoms with van der Waals surface area (Å²) in [6.07, 6.45) is 5.59. The van der Waals surface area contributed by atoms with Crippen LogP contribution in [0.15, 0.2) is 72.8 Å². The first kappa shape index (κ1) is 24.5. The summed E-state index contributed by atoms with van der Waals surface area (Å²) in [7, 11) is 1.00. The molecule has 0 heterocycles. The van der Waals surface area contributed by atoms with Gasteiger partial charge in [-0.2, -0.15) is 0 Å². The second kappa shape index (κ2) is 12.2. The third kappa shape index (κ3) is 6.67. The maximum atomic E-state index is 12.7. The zero-order valence-electron chi connectivity index (χ0n) is 18.7. The zero-order chi connectivity index (χ0) is 23.6. The van der Waals surface area contributed by atoms with Gasteiger partial charge in [0, 0.05) is 24.3 Å². The average molecular weight is 465 g/mol. The Morgan fingerprint density at radius 1 is 0.788 bits per heavy atom. The van der Waals surface area contributed by atoms with E-state index in [4.69, 9.17) is 16.7 Å². The van der Waals surface area contributed by atoms with Crippen molar-refractivity contribution in [2.45, 2.75) is 32.1 Å². The second-order valence-corrected chi connectivity index (χ2v) is 8.32. The SMILES string of the molecule is CO.O=C(Nc1ccc(-c2ccc(C(=O)C3CCCCC3)cc2)cc1)Nc1ccccc1Cl. The molecule has 1 aliphatic carbocycles. The van der Waals surface area contributed by atoms with Gasteiger partial charge in [-0.05, 0) is 48.2 Å². The van der Waals surface area contributed by atoms with Crippen LogP contribution in [0.5, 0.6) is 0 Å². The van der Waals surface area contributed by atoms with Gasteiger partial charge in [0.05, 0.1) is 10.7 Å². The third-order valence-electron chi connectivity index (χ3n) is 5.74. The van der Waals surface area contributed by atoms with Crippen molar-refractivity contribution >= 4 is 34.8 Å². The molecule has 1 saturated carbocycles. The predicted molar refractivity (Wildman–Crippen MR) is 135 cm³/mol. The molecule has 6 heteroatoms. The lowest BCUT2D eigenvalue weighted by Gasteiger charge is -2.20. The predicted octanol–water partition coefficient (Wildman–Crippen LogP) is 7.02. The van der Waals surface area contributed by atoms with Gasteiger partial charge in [0.15, 0.2) is 5.78 Å². The topological polar surface area (TPSA) is 78.4 Å². The molecule has 2 amide bonds. The highest BCUT2D eigenvalue weighted by molar-refractivity contribution is 6.33. The molecule has 0 aliphatic heterocycles. The first-order valence-corrected chi connectivity index (χ1v) is 11.5. The standard InChI is InChI=1S/C26H25ClN2O2.CH4O/c27-23-8-4-5-9-24(23)29-26(31)28-22-16-14-19(15-17-22)18-10-12-21(13-11-18)25(30)20-6-2-1-3-7-20;1-2/h4-5,8-17,20H,1-3,6-7H2,(H2,28,29,31);2H,1H3. The molecule has 0 saturated heterocycles. The van der Waals surface area contributed by atoms with E-state index >= 15 is 0 Å². The van der Waals surface area contributed by atoms with E-state index in [0.29, 0.717) is 16.4 Å². The number of aliphatic hydroxyl groups is 1. The molecule has 0 atom stereocenters. The molecule has 33 heavy (non-hydrogen) atoms. The Hall–Kier alpha value is -3.15. The molecule has 3 aromatic rings. The summed E-state index contributed by atoms with van der Waals surface area (Å²) in [5.74, 6) is 0.456. The fraction of sp³-hybridized carbons (Fsp3) is 0.259. The summed E-state index contributed by atoms with van der Waals surface area (Å²) in [5, 5.41) is 13.0. The molecule has 4 rings (SSSR count). The summed E-state index contributed by atoms with van der Waals surface area (Å²) >= 11 is 6.07. The number of nitrogens with one attached hydrogen (secondary N) is 2. The molecule has 1 aliphatic rings. The van der Waals surface area contributed by atoms with Crippen LogP contribution in [0.2, 0.25) is 5.02 Å². The molecule has 5 nitrogen and oxygen atoms in total. The highest BCUT2D eigenvalue weighted by Crippen LogP contribution is 2.28. The Labute approximate surface area is 199 Å². The van der Waals surface area contributed by atoms with Gasteiger partial charge < -0.3 is 15.7 Å². The Balaban J connectivity index is 0.00000149. The van der Waals surface area contributed by atoms with Gasteiger partial charge >= 0.3 is 6.03 Å². The number of hydrogen-bond donors (Lipinski definition) is 3. The first-order valence-electron chi connectivity index (χ1n) is 11.1. The maximum Gasteiger partial charge on any atom is 0.323 e. The molecule has 0 aromatic heterocycles. The second-order valence-electron chi connectivity index (χ2n) is 7.91. The van der Waals surface area contributed by atoms with Crippen molar-refractivity contribution in [1.29, 1.82) is 0 Å². The number of para-hydroxylation sites is 1. The summed E-state index contributed by atoms with van der Waals surface area (Å²) in [6, 6.07) is 22.2. The van der Waals surface area contributed by atoms with Crippen molar-refractivity contribution in [2.24, 2.45) is 5.92 Å². The van der Waals surface area contributed by atoms with Crippen LogP contribution in [0.4, 0.5) is 16.2 Å². The van der Waals surface area contributed by atoms with Crippen molar-refractivity contribution in [3.05, 3.63) is 83.4 Å². The van der Waals surface area contributed by atoms with Crippen molar-refractivity contribution in [2.75, 3.05) is 17.7 Å². The molecule has 0 radical (unpaired) electrons. The molecule has 172 valence electrons. The van der Waals surface area contributed by atoms with Gasteiger partial charge in [0.25, 0.3) is 0 Å². The number of ketones is 1. The maximum absolute atomic E-state index is 12.7. The summed E-state index contributed by atoms with van der Waals surface area (Å²) in [6.45, 7) is 0. The fourth-order valence-electron chi connectivity index (χ4n) is 4.02. The van der Waals surface area contributed by atoms with E-state index in [1.807, 2.05) is 60.7 Å². The van der Waals surface area contributed by atoms with Crippen LogP contribution in [-0.2, 0) is 0 Å². The molecule has 0 unspecified atom stereocenters. The molecule has 3 aromatic carbocycles. The van der Waals surface area contributed by atoms with E-state index < -0.39 is 0 Å². The normalized spacial score (nSPS) is 13.4. The molecule has 1 fully saturated rings. The Bertz CT molecular complexity index is 1060. The minimum absolute atomic E-state index is 0.182. The van der Waals surface area contributed by atoms with Crippen LogP contribution in [0, 0.1) is 5.92 Å². The monoisotopic (exact) mass is 464 g/mol. The van der Waals surface area contributed by atoms with Crippen molar-refractivity contribution in [3.8, 4) is 11.1 Å². The Morgan fingerprint density at radius 2 is 1.36 bits per heavy atom. The lowest BCUT2D eigenvalue weighted by atomic mass is 9.83. The number of hydrogen-bond acceptors (Lipinski definition) is 3. The van der Waals surface area contributed by atoms with Crippen LogP contribution < -0.4 is 10.6 Å². The molecular formula is C27H29ClN2O3. The zero-order valence-corrected chi connectivity index (χ0v) is 19.4. The molecule has 0 bridgehead atoms. The molecular weight excluding hydrogens is 436 g/mol. The summed E-state index contributed by atoms with van der Waals surface area (Å²) < 4.78 is 0. The number of carbonyl (C=O) groups is 2. The van der Waals surface area contributed by atoms with E-state index in [0.717, 1.165) is 49.5 Å². The van der Waals surface area contributed by atoms with E-state index in [1.165, 1.54) is 6.42 Å². The van der Waals surface area contributed by atoms with Crippen LogP contribution in [0.3, 0.4) is 0 Å². The number of carbonyl (C=O) groups excluding carboxylic acids is 2. The van der Waals surface area contributed by atoms with Gasteiger partial charge in [-0.15, -0.1) is 0 Å². The number of anilines is 2. The van der Waals surface area contributed by atoms with E-state index in [2.05, 4.69) is 10.6 Å². The number of benzene rings is 3. The van der Waals surface area contributed by atoms with E-state index in [-0.39, 0.29) is 17.7 Å². The molecule has 0 spiro atoms. The minimum atomic E-state index is -0.355. The number of aliphatic hydroxyl groups excluding tert-OH is 1. The number of Topliss-reactive ketones (excluding diaryl/α,β-unsaturated/α-hetero) is 1. The van der Waals surface area contributed by atoms with E-state index in [1.54, 1.807) is 12.1 Å². The smallest absolute Gasteiger partial charge is 0.323 e. The van der Waals surface area contributed by atoms with Crippen LogP contribution in [0.1, 0.15) is 42.5 Å². The van der Waals surface area contributed by atoms with E-state index in [9.17, 15) is 9.59 Å². The highest BCUT2D eigenvalue weighted by atomic mass is 35.5. The van der Waals surface area contributed by atoms with Gasteiger partial charge in [-0.1, -0.05) is 79.4 Å². The number of amides is 2. The van der Waals surface area contributed by atoms with Crippen molar-refractivity contribution < 1.29 is 14.7 Å². The number of urea groups is 1. The lowest BCUT2D eigenvalue weighted by molar-refractivity contribution is 0.0889. The quantitative estimate of drug-likeness (QED) is 0.355. The number of rotatable bonds is 5. The Morgan fingerprint density at radius 3 is 1.97 bits per heavy atom. The summed E-state index contributed by atoms with van der Waals surface area (Å²) in [4.78, 5) is 24.9. The van der Waals surface area contributed by atoms with Crippen LogP contribution in [0.25, 0.3) is 11.1 Å². The van der Waals surface area contributed by atoms with Crippen molar-refractivity contribution in [1.82, 2.24) is 0 Å². The van der Waals surface area contributed by atoms with Gasteiger partial charge in [-0.25, -0.2) is 4.79 Å². The largest absolute Gasteiger partial charge is 0.400 e. The third-order valence-corrected chi connectivity index (χ3v) is 6.07. The van der Waals surface area contributed by atoms with Crippen LogP contribution in [-0.4, -0.2) is 24.0 Å². The highest BCUT2D eigenvalue weighted by Gasteiger charge is 2.22. The first-order chi connectivity index (χ1) is 16.1. The van der Waals surface area contributed by atoms with Gasteiger partial charge in [0.1, 0.15) is 0 Å². The molecule has 3 N–H and O–H groups in total. The lowest BCUT2D eigenvalue weighted by Crippen LogP contribution is -2.19. The van der Waals surface area contributed by atoms with Crippen molar-refractivity contribution in [3.63, 3.8) is 0 Å². The Kier molecular flexibility index (Phi) is 9.04.